The van der Waals surface area contributed by atoms with E-state index < -0.39 is 0 Å². The Balaban J connectivity index is 1.32. The van der Waals surface area contributed by atoms with Gasteiger partial charge in [0.25, 0.3) is 0 Å². The van der Waals surface area contributed by atoms with Gasteiger partial charge in [-0.3, -0.25) is 14.5 Å². The molecule has 2 aliphatic heterocycles. The Labute approximate surface area is 154 Å². The fraction of sp³-hybridized carbons (Fsp3) is 0.684. The molecular weight excluding hydrogens is 334 g/mol. The zero-order valence-corrected chi connectivity index (χ0v) is 15.8. The molecule has 138 valence electrons. The maximum absolute atomic E-state index is 12.3. The minimum Gasteiger partial charge on any atom is -0.343 e. The summed E-state index contributed by atoms with van der Waals surface area (Å²) in [5.41, 5.74) is 0. The average Bonchev–Trinajstić information content (AvgIpc) is 3.19. The maximum Gasteiger partial charge on any atom is 0.223 e. The Morgan fingerprint density at radius 2 is 1.56 bits per heavy atom. The largest absolute Gasteiger partial charge is 0.343 e. The first-order valence-corrected chi connectivity index (χ1v) is 10.4. The standard InChI is InChI=1S/C19H29N3O2S/c23-18(7-6-17-5-4-16-25-17)22-14-12-20(13-15-22)11-8-19(24)21-9-2-1-3-10-21/h4-5,16H,1-3,6-15H2. The van der Waals surface area contributed by atoms with Crippen LogP contribution in [-0.4, -0.2) is 72.3 Å². The molecule has 2 aliphatic rings. The lowest BCUT2D eigenvalue weighted by Crippen LogP contribution is -2.49. The molecule has 0 spiro atoms. The number of hydrogen-bond donors (Lipinski definition) is 0. The molecule has 0 radical (unpaired) electrons. The van der Waals surface area contributed by atoms with E-state index in [1.165, 1.54) is 11.3 Å². The number of thiophene rings is 1. The number of piperidine rings is 1. The monoisotopic (exact) mass is 363 g/mol. The van der Waals surface area contributed by atoms with E-state index in [0.29, 0.717) is 18.7 Å². The van der Waals surface area contributed by atoms with Gasteiger partial charge < -0.3 is 9.80 Å². The smallest absolute Gasteiger partial charge is 0.223 e. The van der Waals surface area contributed by atoms with Gasteiger partial charge in [0.05, 0.1) is 0 Å². The number of rotatable bonds is 6. The minimum absolute atomic E-state index is 0.262. The van der Waals surface area contributed by atoms with Gasteiger partial charge in [-0.2, -0.15) is 0 Å². The molecular formula is C19H29N3O2S. The molecule has 3 heterocycles. The molecule has 0 atom stereocenters. The van der Waals surface area contributed by atoms with Crippen LogP contribution in [0.25, 0.3) is 0 Å². The van der Waals surface area contributed by atoms with Crippen LogP contribution in [0.2, 0.25) is 0 Å². The van der Waals surface area contributed by atoms with Gasteiger partial charge >= 0.3 is 0 Å². The van der Waals surface area contributed by atoms with Crippen molar-refractivity contribution in [3.8, 4) is 0 Å². The number of amides is 2. The molecule has 2 amide bonds. The number of piperazine rings is 1. The Morgan fingerprint density at radius 3 is 2.24 bits per heavy atom. The number of aryl methyl sites for hydroxylation is 1. The van der Waals surface area contributed by atoms with Gasteiger partial charge in [0, 0.05) is 63.5 Å². The van der Waals surface area contributed by atoms with Gasteiger partial charge in [0.15, 0.2) is 0 Å². The highest BCUT2D eigenvalue weighted by molar-refractivity contribution is 7.09. The molecule has 0 saturated carbocycles. The number of carbonyl (C=O) groups excluding carboxylic acids is 2. The molecule has 0 N–H and O–H groups in total. The summed E-state index contributed by atoms with van der Waals surface area (Å²) in [4.78, 5) is 32.2. The third-order valence-corrected chi connectivity index (χ3v) is 6.18. The number of nitrogens with zero attached hydrogens (tertiary/aromatic N) is 3. The molecule has 25 heavy (non-hydrogen) atoms. The van der Waals surface area contributed by atoms with Gasteiger partial charge in [-0.15, -0.1) is 11.3 Å². The molecule has 2 saturated heterocycles. The molecule has 6 heteroatoms. The third-order valence-electron chi connectivity index (χ3n) is 5.24. The van der Waals surface area contributed by atoms with Crippen molar-refractivity contribution in [1.82, 2.24) is 14.7 Å². The van der Waals surface area contributed by atoms with Crippen LogP contribution in [0, 0.1) is 0 Å². The van der Waals surface area contributed by atoms with E-state index in [4.69, 9.17) is 0 Å². The normalized spacial score (nSPS) is 19.2. The van der Waals surface area contributed by atoms with Gasteiger partial charge in [-0.05, 0) is 37.1 Å². The lowest BCUT2D eigenvalue weighted by molar-refractivity contribution is -0.135. The summed E-state index contributed by atoms with van der Waals surface area (Å²) in [7, 11) is 0. The molecule has 5 nitrogen and oxygen atoms in total. The second kappa shape index (κ2) is 9.34. The van der Waals surface area contributed by atoms with Crippen molar-refractivity contribution in [2.24, 2.45) is 0 Å². The van der Waals surface area contributed by atoms with E-state index in [9.17, 15) is 9.59 Å². The lowest BCUT2D eigenvalue weighted by atomic mass is 10.1. The Bertz CT molecular complexity index is 547. The van der Waals surface area contributed by atoms with E-state index in [0.717, 1.165) is 65.1 Å². The highest BCUT2D eigenvalue weighted by Gasteiger charge is 2.22. The second-order valence-electron chi connectivity index (χ2n) is 6.99. The summed E-state index contributed by atoms with van der Waals surface area (Å²) in [6, 6.07) is 4.13. The van der Waals surface area contributed by atoms with Crippen LogP contribution in [-0.2, 0) is 16.0 Å². The van der Waals surface area contributed by atoms with Gasteiger partial charge in [0.1, 0.15) is 0 Å². The first-order chi connectivity index (χ1) is 12.2. The molecule has 1 aromatic rings. The van der Waals surface area contributed by atoms with E-state index >= 15 is 0 Å². The van der Waals surface area contributed by atoms with Crippen molar-refractivity contribution in [2.75, 3.05) is 45.8 Å². The van der Waals surface area contributed by atoms with Crippen LogP contribution >= 0.6 is 11.3 Å². The first-order valence-electron chi connectivity index (χ1n) is 9.52. The number of carbonyl (C=O) groups is 2. The van der Waals surface area contributed by atoms with Crippen molar-refractivity contribution >= 4 is 23.2 Å². The predicted octanol–water partition coefficient (Wildman–Crippen LogP) is 2.23. The molecule has 0 aliphatic carbocycles. The minimum atomic E-state index is 0.262. The van der Waals surface area contributed by atoms with Crippen LogP contribution in [0.1, 0.15) is 37.0 Å². The molecule has 0 bridgehead atoms. The van der Waals surface area contributed by atoms with E-state index in [-0.39, 0.29) is 5.91 Å². The maximum atomic E-state index is 12.3. The second-order valence-corrected chi connectivity index (χ2v) is 8.03. The fourth-order valence-corrected chi connectivity index (χ4v) is 4.33. The van der Waals surface area contributed by atoms with Gasteiger partial charge in [-0.1, -0.05) is 6.07 Å². The van der Waals surface area contributed by atoms with E-state index in [1.807, 2.05) is 15.9 Å². The van der Waals surface area contributed by atoms with Crippen molar-refractivity contribution in [3.05, 3.63) is 22.4 Å². The molecule has 0 unspecified atom stereocenters. The molecule has 1 aromatic heterocycles. The van der Waals surface area contributed by atoms with E-state index in [2.05, 4.69) is 16.3 Å². The van der Waals surface area contributed by atoms with Crippen molar-refractivity contribution < 1.29 is 9.59 Å². The van der Waals surface area contributed by atoms with Gasteiger partial charge in [0.2, 0.25) is 11.8 Å². The lowest BCUT2D eigenvalue weighted by Gasteiger charge is -2.35. The quantitative estimate of drug-likeness (QED) is 0.778. The Kier molecular flexibility index (Phi) is 6.87. The zero-order valence-electron chi connectivity index (χ0n) is 15.0. The predicted molar refractivity (Wildman–Crippen MR) is 101 cm³/mol. The summed E-state index contributed by atoms with van der Waals surface area (Å²) in [5.74, 6) is 0.562. The summed E-state index contributed by atoms with van der Waals surface area (Å²) >= 11 is 1.72. The van der Waals surface area contributed by atoms with Crippen LogP contribution in [0.3, 0.4) is 0 Å². The topological polar surface area (TPSA) is 43.9 Å². The first kappa shape index (κ1) is 18.4. The third kappa shape index (κ3) is 5.54. The molecule has 3 rings (SSSR count). The van der Waals surface area contributed by atoms with Crippen LogP contribution in [0.5, 0.6) is 0 Å². The number of hydrogen-bond acceptors (Lipinski definition) is 4. The van der Waals surface area contributed by atoms with Crippen molar-refractivity contribution in [3.63, 3.8) is 0 Å². The van der Waals surface area contributed by atoms with Crippen LogP contribution < -0.4 is 0 Å². The highest BCUT2D eigenvalue weighted by Crippen LogP contribution is 2.13. The number of likely N-dealkylation sites (tertiary alicyclic amines) is 1. The SMILES string of the molecule is O=C(CCN1CCN(C(=O)CCc2cccs2)CC1)N1CCCCC1. The summed E-state index contributed by atoms with van der Waals surface area (Å²) in [5, 5.41) is 2.06. The summed E-state index contributed by atoms with van der Waals surface area (Å²) < 4.78 is 0. The zero-order chi connectivity index (χ0) is 17.5. The van der Waals surface area contributed by atoms with Gasteiger partial charge in [-0.25, -0.2) is 0 Å². The Morgan fingerprint density at radius 1 is 0.880 bits per heavy atom. The fourth-order valence-electron chi connectivity index (χ4n) is 3.62. The summed E-state index contributed by atoms with van der Waals surface area (Å²) in [6.07, 6.45) is 5.63. The molecule has 2 fully saturated rings. The van der Waals surface area contributed by atoms with Crippen LogP contribution in [0.4, 0.5) is 0 Å². The summed E-state index contributed by atoms with van der Waals surface area (Å²) in [6.45, 7) is 6.06. The average molecular weight is 364 g/mol. The van der Waals surface area contributed by atoms with Crippen molar-refractivity contribution in [2.45, 2.75) is 38.5 Å². The Hall–Kier alpha value is -1.40. The van der Waals surface area contributed by atoms with Crippen LogP contribution in [0.15, 0.2) is 17.5 Å². The van der Waals surface area contributed by atoms with E-state index in [1.54, 1.807) is 11.3 Å². The molecule has 0 aromatic carbocycles. The highest BCUT2D eigenvalue weighted by atomic mass is 32.1. The van der Waals surface area contributed by atoms with Crippen molar-refractivity contribution in [1.29, 1.82) is 0 Å².